The summed E-state index contributed by atoms with van der Waals surface area (Å²) in [6, 6.07) is 0. The van der Waals surface area contributed by atoms with E-state index in [-0.39, 0.29) is 31.1 Å². The Labute approximate surface area is 355 Å². The van der Waals surface area contributed by atoms with Gasteiger partial charge in [-0.3, -0.25) is 14.4 Å². The first kappa shape index (κ1) is 55.4. The molecule has 0 radical (unpaired) electrons. The highest BCUT2D eigenvalue weighted by Crippen LogP contribution is 2.17. The van der Waals surface area contributed by atoms with Crippen LogP contribution in [0.25, 0.3) is 0 Å². The molecule has 0 aliphatic heterocycles. The zero-order chi connectivity index (χ0) is 41.9. The molecule has 0 aliphatic rings. The number of carbonyl (C=O) groups is 3. The van der Waals surface area contributed by atoms with Crippen LogP contribution in [0.15, 0.2) is 0 Å². The van der Waals surface area contributed by atoms with Gasteiger partial charge in [0.15, 0.2) is 6.10 Å². The molecule has 0 aromatic heterocycles. The molecule has 0 aromatic rings. The first-order chi connectivity index (χ1) is 27.8. The van der Waals surface area contributed by atoms with Gasteiger partial charge in [-0.15, -0.1) is 0 Å². The molecule has 1 unspecified atom stereocenters. The third-order valence-corrected chi connectivity index (χ3v) is 11.8. The van der Waals surface area contributed by atoms with Gasteiger partial charge in [0.2, 0.25) is 0 Å². The van der Waals surface area contributed by atoms with Gasteiger partial charge in [-0.1, -0.05) is 240 Å². The lowest BCUT2D eigenvalue weighted by molar-refractivity contribution is -0.167. The van der Waals surface area contributed by atoms with Gasteiger partial charge >= 0.3 is 17.9 Å². The van der Waals surface area contributed by atoms with E-state index in [1.807, 2.05) is 0 Å². The standard InChI is InChI=1S/C51H98O6/c1-6-8-9-10-11-12-13-14-15-19-22-25-31-36-41-49(52)55-44-48(45-56-50(53)42-37-32-28-27-30-35-40-47(5)7-2)57-51(54)43-38-33-26-23-20-17-16-18-21-24-29-34-39-46(3)4/h46-48H,6-45H2,1-5H3/t47?,48-/m1/s1. The molecule has 6 heteroatoms. The molecule has 338 valence electrons. The Hall–Kier alpha value is -1.59. The average Bonchev–Trinajstić information content (AvgIpc) is 3.19. The largest absolute Gasteiger partial charge is 0.462 e. The Balaban J connectivity index is 4.31. The third-order valence-electron chi connectivity index (χ3n) is 11.8. The van der Waals surface area contributed by atoms with Crippen LogP contribution in [0.2, 0.25) is 0 Å². The Morgan fingerprint density at radius 1 is 0.368 bits per heavy atom. The van der Waals surface area contributed by atoms with E-state index in [4.69, 9.17) is 14.2 Å². The van der Waals surface area contributed by atoms with E-state index < -0.39 is 6.10 Å². The maximum Gasteiger partial charge on any atom is 0.306 e. The summed E-state index contributed by atoms with van der Waals surface area (Å²) in [6.07, 6.45) is 43.7. The molecule has 6 nitrogen and oxygen atoms in total. The number of unbranched alkanes of at least 4 members (excludes halogenated alkanes) is 29. The summed E-state index contributed by atoms with van der Waals surface area (Å²) < 4.78 is 16.8. The van der Waals surface area contributed by atoms with E-state index in [0.29, 0.717) is 19.3 Å². The SMILES string of the molecule is CCCCCCCCCCCCCCCCC(=O)OC[C@H](COC(=O)CCCCCCCCC(C)CC)OC(=O)CCCCCCCCCCCCCCC(C)C. The van der Waals surface area contributed by atoms with Crippen LogP contribution in [0.5, 0.6) is 0 Å². The van der Waals surface area contributed by atoms with E-state index in [2.05, 4.69) is 34.6 Å². The maximum atomic E-state index is 12.8. The zero-order valence-corrected chi connectivity index (χ0v) is 39.0. The van der Waals surface area contributed by atoms with Crippen LogP contribution in [0.3, 0.4) is 0 Å². The number of carbonyl (C=O) groups excluding carboxylic acids is 3. The molecule has 0 aromatic carbocycles. The van der Waals surface area contributed by atoms with Crippen molar-refractivity contribution >= 4 is 17.9 Å². The van der Waals surface area contributed by atoms with Gasteiger partial charge in [-0.2, -0.15) is 0 Å². The van der Waals surface area contributed by atoms with Crippen LogP contribution < -0.4 is 0 Å². The first-order valence-corrected chi connectivity index (χ1v) is 25.3. The number of rotatable bonds is 45. The van der Waals surface area contributed by atoms with Crippen LogP contribution in [0, 0.1) is 11.8 Å². The molecule has 0 aliphatic carbocycles. The van der Waals surface area contributed by atoms with Gasteiger partial charge in [0, 0.05) is 19.3 Å². The van der Waals surface area contributed by atoms with Crippen molar-refractivity contribution in [3.05, 3.63) is 0 Å². The molecule has 0 rings (SSSR count). The van der Waals surface area contributed by atoms with Crippen molar-refractivity contribution < 1.29 is 28.6 Å². The van der Waals surface area contributed by atoms with Crippen molar-refractivity contribution in [1.29, 1.82) is 0 Å². The lowest BCUT2D eigenvalue weighted by atomic mass is 10.00. The Morgan fingerprint density at radius 2 is 0.667 bits per heavy atom. The fourth-order valence-corrected chi connectivity index (χ4v) is 7.60. The smallest absolute Gasteiger partial charge is 0.306 e. The minimum Gasteiger partial charge on any atom is -0.462 e. The topological polar surface area (TPSA) is 78.9 Å². The molecule has 0 fully saturated rings. The summed E-state index contributed by atoms with van der Waals surface area (Å²) in [5.74, 6) is 0.794. The van der Waals surface area contributed by atoms with E-state index in [1.165, 1.54) is 167 Å². The Kier molecular flexibility index (Phi) is 42.7. The molecule has 0 bridgehead atoms. The fourth-order valence-electron chi connectivity index (χ4n) is 7.60. The highest BCUT2D eigenvalue weighted by molar-refractivity contribution is 5.71. The summed E-state index contributed by atoms with van der Waals surface area (Å²) in [6.45, 7) is 11.3. The second-order valence-electron chi connectivity index (χ2n) is 18.2. The molecule has 0 heterocycles. The molecular formula is C51H98O6. The lowest BCUT2D eigenvalue weighted by Gasteiger charge is -2.18. The van der Waals surface area contributed by atoms with Gasteiger partial charge in [-0.25, -0.2) is 0 Å². The van der Waals surface area contributed by atoms with Crippen LogP contribution in [0.4, 0.5) is 0 Å². The van der Waals surface area contributed by atoms with Gasteiger partial charge in [0.25, 0.3) is 0 Å². The second kappa shape index (κ2) is 44.0. The highest BCUT2D eigenvalue weighted by Gasteiger charge is 2.19. The number of ether oxygens (including phenoxy) is 3. The Morgan fingerprint density at radius 3 is 1.00 bits per heavy atom. The van der Waals surface area contributed by atoms with E-state index in [9.17, 15) is 14.4 Å². The van der Waals surface area contributed by atoms with Crippen molar-refractivity contribution in [3.8, 4) is 0 Å². The van der Waals surface area contributed by atoms with Crippen LogP contribution in [0.1, 0.15) is 279 Å². The fraction of sp³-hybridized carbons (Fsp3) is 0.941. The molecule has 2 atom stereocenters. The molecule has 0 N–H and O–H groups in total. The summed E-state index contributed by atoms with van der Waals surface area (Å²) in [4.78, 5) is 37.9. The zero-order valence-electron chi connectivity index (χ0n) is 39.0. The average molecular weight is 807 g/mol. The molecule has 0 saturated carbocycles. The van der Waals surface area contributed by atoms with E-state index >= 15 is 0 Å². The van der Waals surface area contributed by atoms with Crippen LogP contribution in [-0.2, 0) is 28.6 Å². The summed E-state index contributed by atoms with van der Waals surface area (Å²) in [5, 5.41) is 0. The molecule has 0 spiro atoms. The Bertz CT molecular complexity index is 872. The normalized spacial score (nSPS) is 12.5. The van der Waals surface area contributed by atoms with Gasteiger partial charge in [0.05, 0.1) is 0 Å². The predicted molar refractivity (Wildman–Crippen MR) is 243 cm³/mol. The quantitative estimate of drug-likeness (QED) is 0.0346. The monoisotopic (exact) mass is 807 g/mol. The van der Waals surface area contributed by atoms with Crippen molar-refractivity contribution in [3.63, 3.8) is 0 Å². The van der Waals surface area contributed by atoms with Crippen molar-refractivity contribution in [2.24, 2.45) is 11.8 Å². The summed E-state index contributed by atoms with van der Waals surface area (Å²) in [5.41, 5.74) is 0. The molecule has 0 saturated heterocycles. The minimum absolute atomic E-state index is 0.0644. The number of hydrogen-bond acceptors (Lipinski definition) is 6. The molecule has 0 amide bonds. The molecular weight excluding hydrogens is 709 g/mol. The minimum atomic E-state index is -0.762. The summed E-state index contributed by atoms with van der Waals surface area (Å²) in [7, 11) is 0. The van der Waals surface area contributed by atoms with Crippen molar-refractivity contribution in [2.45, 2.75) is 285 Å². The van der Waals surface area contributed by atoms with Gasteiger partial charge in [-0.05, 0) is 31.1 Å². The van der Waals surface area contributed by atoms with E-state index in [0.717, 1.165) is 69.6 Å². The maximum absolute atomic E-state index is 12.8. The predicted octanol–water partition coefficient (Wildman–Crippen LogP) is 16.1. The first-order valence-electron chi connectivity index (χ1n) is 25.3. The van der Waals surface area contributed by atoms with Crippen molar-refractivity contribution in [1.82, 2.24) is 0 Å². The highest BCUT2D eigenvalue weighted by atomic mass is 16.6. The van der Waals surface area contributed by atoms with Crippen LogP contribution >= 0.6 is 0 Å². The number of hydrogen-bond donors (Lipinski definition) is 0. The van der Waals surface area contributed by atoms with Crippen molar-refractivity contribution in [2.75, 3.05) is 13.2 Å². The van der Waals surface area contributed by atoms with Gasteiger partial charge in [0.1, 0.15) is 13.2 Å². The molecule has 57 heavy (non-hydrogen) atoms. The van der Waals surface area contributed by atoms with E-state index in [1.54, 1.807) is 0 Å². The van der Waals surface area contributed by atoms with Gasteiger partial charge < -0.3 is 14.2 Å². The second-order valence-corrected chi connectivity index (χ2v) is 18.2. The lowest BCUT2D eigenvalue weighted by Crippen LogP contribution is -2.30. The van der Waals surface area contributed by atoms with Crippen LogP contribution in [-0.4, -0.2) is 37.2 Å². The third kappa shape index (κ3) is 43.8. The summed E-state index contributed by atoms with van der Waals surface area (Å²) >= 11 is 0. The number of esters is 3.